The van der Waals surface area contributed by atoms with Crippen molar-refractivity contribution in [2.45, 2.75) is 243 Å². The van der Waals surface area contributed by atoms with E-state index >= 15 is 0 Å². The van der Waals surface area contributed by atoms with Crippen LogP contribution in [0.15, 0.2) is 24.3 Å². The molecular weight excluding hydrogens is 937 g/mol. The maximum Gasteiger partial charge on any atom is 0.308 e. The highest BCUT2D eigenvalue weighted by Crippen LogP contribution is 2.36. The third-order valence-electron chi connectivity index (χ3n) is 14.7. The Kier molecular flexibility index (Phi) is 26.6. The molecule has 0 bridgehead atoms. The van der Waals surface area contributed by atoms with Gasteiger partial charge in [-0.3, -0.25) is 9.59 Å². The summed E-state index contributed by atoms with van der Waals surface area (Å²) in [6, 6.07) is 7.45. The van der Waals surface area contributed by atoms with Gasteiger partial charge in [0.15, 0.2) is 12.6 Å². The molecule has 3 aliphatic heterocycles. The first-order valence-electron chi connectivity index (χ1n) is 26.5. The summed E-state index contributed by atoms with van der Waals surface area (Å²) in [4.78, 5) is 26.9. The number of carbonyl (C=O) groups is 2. The summed E-state index contributed by atoms with van der Waals surface area (Å²) in [6.07, 6.45) is -7.43. The molecule has 0 aliphatic carbocycles. The molecule has 21 atom stereocenters. The van der Waals surface area contributed by atoms with Gasteiger partial charge in [-0.15, -0.1) is 0 Å². The number of methoxy groups -OCH3 is 5. The molecule has 18 heteroatoms. The Bertz CT molecular complexity index is 1680. The van der Waals surface area contributed by atoms with Gasteiger partial charge in [0.05, 0.1) is 36.3 Å². The summed E-state index contributed by atoms with van der Waals surface area (Å²) < 4.78 is 79.5. The number of ether oxygens (including phenoxy) is 13. The van der Waals surface area contributed by atoms with E-state index in [1.807, 2.05) is 52.0 Å². The summed E-state index contributed by atoms with van der Waals surface area (Å²) in [6.45, 7) is 17.3. The number of hydrogen-bond donors (Lipinski definition) is 3. The van der Waals surface area contributed by atoms with Gasteiger partial charge in [-0.2, -0.15) is 0 Å². The first-order chi connectivity index (χ1) is 34.4. The minimum atomic E-state index is -1.32. The Balaban J connectivity index is 1.53. The topological polar surface area (TPSA) is 215 Å². The average molecular weight is 1030 g/mol. The molecule has 1 aromatic rings. The van der Waals surface area contributed by atoms with Crippen molar-refractivity contribution >= 4 is 11.9 Å². The third kappa shape index (κ3) is 17.0. The van der Waals surface area contributed by atoms with Crippen LogP contribution in [-0.4, -0.2) is 173 Å². The van der Waals surface area contributed by atoms with Crippen LogP contribution >= 0.6 is 0 Å². The van der Waals surface area contributed by atoms with Crippen molar-refractivity contribution in [1.29, 1.82) is 0 Å². The number of carbonyl (C=O) groups excluding carboxylic acids is 2. The highest BCUT2D eigenvalue weighted by atomic mass is 16.8. The molecule has 4 rings (SSSR count). The van der Waals surface area contributed by atoms with Crippen LogP contribution in [-0.2, 0) is 72.9 Å². The van der Waals surface area contributed by atoms with E-state index in [1.165, 1.54) is 28.4 Å². The Hall–Kier alpha value is -2.56. The molecule has 1 aromatic carbocycles. The lowest BCUT2D eigenvalue weighted by atomic mass is 9.94. The van der Waals surface area contributed by atoms with E-state index < -0.39 is 104 Å². The Morgan fingerprint density at radius 2 is 1.07 bits per heavy atom. The van der Waals surface area contributed by atoms with E-state index in [0.717, 1.165) is 50.5 Å². The van der Waals surface area contributed by atoms with Crippen molar-refractivity contribution in [3.8, 4) is 5.75 Å². The summed E-state index contributed by atoms with van der Waals surface area (Å²) in [7, 11) is 7.60. The van der Waals surface area contributed by atoms with Crippen molar-refractivity contribution < 1.29 is 86.5 Å². The fourth-order valence-electron chi connectivity index (χ4n) is 10.2. The fourth-order valence-corrected chi connectivity index (χ4v) is 10.2. The van der Waals surface area contributed by atoms with Gasteiger partial charge in [0.1, 0.15) is 72.9 Å². The number of aliphatic hydroxyl groups excluding tert-OH is 3. The lowest BCUT2D eigenvalue weighted by Gasteiger charge is -2.49. The normalized spacial score (nSPS) is 33.5. The molecule has 3 aliphatic rings. The molecule has 416 valence electrons. The summed E-state index contributed by atoms with van der Waals surface area (Å²) in [5.74, 6) is -0.159. The zero-order valence-electron chi connectivity index (χ0n) is 45.7. The maximum absolute atomic E-state index is 13.5. The van der Waals surface area contributed by atoms with Gasteiger partial charge >= 0.3 is 11.9 Å². The van der Waals surface area contributed by atoms with Crippen LogP contribution in [0.25, 0.3) is 0 Å². The number of rotatable bonds is 30. The molecule has 0 amide bonds. The molecule has 3 saturated heterocycles. The standard InChI is InChI=1S/C54H92O18/c1-15-20-31(5)50(58)68-38(23-19-18-22-30(4)40(17-3)60-10)29-39(69-51(59)32(6)21-16-2)28-36-24-26-37(27-25-36)70-53-49(64-14)47(44(61-11)35(9)67-53)72-54-48(63-13)45(42(56)34(8)66-54)71-52-46(62-12)43(57)41(55)33(7)65-52/h24-27,30-35,38-49,52-57H,15-23,28-29H2,1-14H3/t30-,31-,32-,33-,34-,35+,38-,39+,40+,41+,42-,43-,44-,45-,46-,47+,48+,49-,52-,53-,54-/m1/s1. The highest BCUT2D eigenvalue weighted by molar-refractivity contribution is 5.72. The molecule has 0 unspecified atom stereocenters. The predicted octanol–water partition coefficient (Wildman–Crippen LogP) is 6.46. The predicted molar refractivity (Wildman–Crippen MR) is 266 cm³/mol. The van der Waals surface area contributed by atoms with Crippen molar-refractivity contribution in [1.82, 2.24) is 0 Å². The van der Waals surface area contributed by atoms with Crippen LogP contribution in [0, 0.1) is 17.8 Å². The van der Waals surface area contributed by atoms with E-state index in [1.54, 1.807) is 21.0 Å². The molecule has 0 aromatic heterocycles. The van der Waals surface area contributed by atoms with Gasteiger partial charge in [0.25, 0.3) is 0 Å². The molecule has 0 saturated carbocycles. The molecule has 72 heavy (non-hydrogen) atoms. The highest BCUT2D eigenvalue weighted by Gasteiger charge is 2.54. The van der Waals surface area contributed by atoms with Gasteiger partial charge in [-0.05, 0) is 82.9 Å². The number of esters is 2. The lowest BCUT2D eigenvalue weighted by Crippen LogP contribution is -2.66. The monoisotopic (exact) mass is 1030 g/mol. The van der Waals surface area contributed by atoms with Crippen molar-refractivity contribution in [3.63, 3.8) is 0 Å². The quantitative estimate of drug-likeness (QED) is 0.0557. The van der Waals surface area contributed by atoms with Gasteiger partial charge in [0, 0.05) is 48.4 Å². The van der Waals surface area contributed by atoms with E-state index in [9.17, 15) is 24.9 Å². The van der Waals surface area contributed by atoms with E-state index in [0.29, 0.717) is 37.4 Å². The largest absolute Gasteiger partial charge is 0.462 e. The van der Waals surface area contributed by atoms with Crippen LogP contribution in [0.3, 0.4) is 0 Å². The summed E-state index contributed by atoms with van der Waals surface area (Å²) in [5.41, 5.74) is 0.886. The van der Waals surface area contributed by atoms with Crippen LogP contribution in [0.2, 0.25) is 0 Å². The fraction of sp³-hybridized carbons (Fsp3) is 0.852. The second-order valence-electron chi connectivity index (χ2n) is 20.2. The van der Waals surface area contributed by atoms with E-state index in [2.05, 4.69) is 20.8 Å². The van der Waals surface area contributed by atoms with Gasteiger partial charge in [-0.25, -0.2) is 0 Å². The van der Waals surface area contributed by atoms with Crippen LogP contribution in [0.4, 0.5) is 0 Å². The van der Waals surface area contributed by atoms with Crippen molar-refractivity contribution in [2.24, 2.45) is 17.8 Å². The molecule has 3 fully saturated rings. The molecule has 3 N–H and O–H groups in total. The molecule has 18 nitrogen and oxygen atoms in total. The van der Waals surface area contributed by atoms with Crippen molar-refractivity contribution in [3.05, 3.63) is 29.8 Å². The minimum Gasteiger partial charge on any atom is -0.462 e. The molecule has 3 heterocycles. The van der Waals surface area contributed by atoms with Crippen molar-refractivity contribution in [2.75, 3.05) is 35.5 Å². The molecule has 0 radical (unpaired) electrons. The molecular formula is C54H92O18. The SMILES string of the molecule is CCC[C@@H](C)C(=O)O[C@H](CCCC[C@@H](C)[C@H](CC)OC)C[C@H](Cc1ccc(O[C@H]2O[C@@H](C)[C@@H](OC)[C@H](O[C@H]3O[C@H](C)[C@@H](O)[C@@H](O[C@H]4O[C@H](C)[C@H](O)[C@@H](O)[C@H]4OC)[C@@H]3OC)[C@H]2OC)cc1)OC(=O)[C@H](C)CCC. The number of unbranched alkanes of at least 4 members (excludes halogenated alkanes) is 1. The third-order valence-corrected chi connectivity index (χ3v) is 14.7. The van der Waals surface area contributed by atoms with Gasteiger partial charge in [-0.1, -0.05) is 72.9 Å². The number of hydrogen-bond acceptors (Lipinski definition) is 18. The smallest absolute Gasteiger partial charge is 0.308 e. The maximum atomic E-state index is 13.5. The van der Waals surface area contributed by atoms with Gasteiger partial charge < -0.3 is 76.9 Å². The Morgan fingerprint density at radius 3 is 1.61 bits per heavy atom. The number of aliphatic hydroxyl groups is 3. The lowest BCUT2D eigenvalue weighted by molar-refractivity contribution is -0.377. The molecule has 0 spiro atoms. The van der Waals surface area contributed by atoms with Crippen LogP contribution < -0.4 is 4.74 Å². The minimum absolute atomic E-state index is 0.197. The zero-order chi connectivity index (χ0) is 53.2. The number of benzene rings is 1. The first-order valence-corrected chi connectivity index (χ1v) is 26.5. The Labute approximate surface area is 429 Å². The average Bonchev–Trinajstić information content (AvgIpc) is 3.35. The summed E-state index contributed by atoms with van der Waals surface area (Å²) >= 11 is 0. The van der Waals surface area contributed by atoms with Crippen LogP contribution in [0.5, 0.6) is 5.75 Å². The van der Waals surface area contributed by atoms with E-state index in [-0.39, 0.29) is 29.9 Å². The van der Waals surface area contributed by atoms with Crippen LogP contribution in [0.1, 0.15) is 132 Å². The van der Waals surface area contributed by atoms with E-state index in [4.69, 9.17) is 61.6 Å². The first kappa shape index (κ1) is 62.0. The second-order valence-corrected chi connectivity index (χ2v) is 20.2. The van der Waals surface area contributed by atoms with Gasteiger partial charge in [0.2, 0.25) is 6.29 Å². The second kappa shape index (κ2) is 30.9. The zero-order valence-corrected chi connectivity index (χ0v) is 45.7. The summed E-state index contributed by atoms with van der Waals surface area (Å²) in [5, 5.41) is 32.6. The Morgan fingerprint density at radius 1 is 0.569 bits per heavy atom.